The van der Waals surface area contributed by atoms with Crippen molar-refractivity contribution in [2.75, 3.05) is 7.11 Å². The monoisotopic (exact) mass is 390 g/mol. The van der Waals surface area contributed by atoms with Crippen LogP contribution in [0.15, 0.2) is 42.5 Å². The number of phenols is 1. The molecule has 1 rings (SSSR count). The normalized spacial score (nSPS) is 10.5. The van der Waals surface area contributed by atoms with Gasteiger partial charge in [0, 0.05) is 6.42 Å². The van der Waals surface area contributed by atoms with E-state index in [-0.39, 0.29) is 5.97 Å². The molecule has 0 spiro atoms. The molecule has 0 heterocycles. The molecule has 0 radical (unpaired) electrons. The number of carbonyl (C=O) groups excluding carboxylic acids is 1. The molecule has 0 aliphatic rings. The van der Waals surface area contributed by atoms with Crippen LogP contribution in [0.2, 0.25) is 0 Å². The quantitative estimate of drug-likeness (QED) is 0.191. The summed E-state index contributed by atoms with van der Waals surface area (Å²) >= 11 is 0. The molecular formula is C25H42O3. The number of benzene rings is 1. The predicted octanol–water partition coefficient (Wildman–Crippen LogP) is 7.59. The molecule has 0 atom stereocenters. The van der Waals surface area contributed by atoms with E-state index in [0.717, 1.165) is 12.8 Å². The highest BCUT2D eigenvalue weighted by molar-refractivity contribution is 5.68. The summed E-state index contributed by atoms with van der Waals surface area (Å²) in [7, 11) is 1.46. The van der Waals surface area contributed by atoms with E-state index in [9.17, 15) is 4.79 Å². The molecule has 0 aromatic heterocycles. The van der Waals surface area contributed by atoms with Crippen molar-refractivity contribution in [2.24, 2.45) is 0 Å². The Morgan fingerprint density at radius 3 is 1.79 bits per heavy atom. The minimum Gasteiger partial charge on any atom is -0.508 e. The molecule has 1 aromatic rings. The zero-order valence-electron chi connectivity index (χ0n) is 18.2. The number of aromatic hydroxyl groups is 1. The van der Waals surface area contributed by atoms with Crippen LogP contribution in [0.3, 0.4) is 0 Å². The average molecular weight is 391 g/mol. The third-order valence-electron chi connectivity index (χ3n) is 4.63. The van der Waals surface area contributed by atoms with Crippen molar-refractivity contribution >= 4 is 5.97 Å². The standard InChI is InChI=1S/C19H36O2.C6H6O/c1-3-4-5-6-7-8-9-10-11-12-13-14-15-16-17-18-19(20)21-2;7-6-4-2-1-3-5-6/h10-11H,3-9,12-18H2,1-2H3;1-5,7H. The predicted molar refractivity (Wildman–Crippen MR) is 120 cm³/mol. The molecule has 3 heteroatoms. The van der Waals surface area contributed by atoms with Gasteiger partial charge in [-0.05, 0) is 44.2 Å². The molecule has 0 amide bonds. The number of esters is 1. The number of carbonyl (C=O) groups is 1. The van der Waals surface area contributed by atoms with Crippen molar-refractivity contribution in [2.45, 2.75) is 96.8 Å². The number of hydrogen-bond donors (Lipinski definition) is 1. The van der Waals surface area contributed by atoms with Crippen LogP contribution < -0.4 is 0 Å². The van der Waals surface area contributed by atoms with Gasteiger partial charge in [0.25, 0.3) is 0 Å². The Morgan fingerprint density at radius 2 is 1.32 bits per heavy atom. The number of ether oxygens (including phenoxy) is 1. The van der Waals surface area contributed by atoms with E-state index >= 15 is 0 Å². The van der Waals surface area contributed by atoms with Gasteiger partial charge in [-0.15, -0.1) is 0 Å². The van der Waals surface area contributed by atoms with Crippen molar-refractivity contribution in [1.29, 1.82) is 0 Å². The van der Waals surface area contributed by atoms with Gasteiger partial charge < -0.3 is 9.84 Å². The third-order valence-corrected chi connectivity index (χ3v) is 4.63. The van der Waals surface area contributed by atoms with E-state index in [1.165, 1.54) is 77.7 Å². The van der Waals surface area contributed by atoms with E-state index in [4.69, 9.17) is 5.11 Å². The van der Waals surface area contributed by atoms with Crippen LogP contribution >= 0.6 is 0 Å². The average Bonchev–Trinajstić information content (AvgIpc) is 2.71. The van der Waals surface area contributed by atoms with Crippen LogP contribution in [0, 0.1) is 0 Å². The molecule has 0 aliphatic carbocycles. The lowest BCUT2D eigenvalue weighted by molar-refractivity contribution is -0.140. The maximum atomic E-state index is 10.9. The summed E-state index contributed by atoms with van der Waals surface area (Å²) in [5.41, 5.74) is 0. The van der Waals surface area contributed by atoms with E-state index in [1.54, 1.807) is 24.3 Å². The highest BCUT2D eigenvalue weighted by Gasteiger charge is 1.98. The third kappa shape index (κ3) is 20.5. The van der Waals surface area contributed by atoms with Crippen LogP contribution in [-0.2, 0) is 9.53 Å². The highest BCUT2D eigenvalue weighted by atomic mass is 16.5. The molecule has 0 fully saturated rings. The number of rotatable bonds is 15. The summed E-state index contributed by atoms with van der Waals surface area (Å²) in [5, 5.41) is 8.63. The first-order valence-electron chi connectivity index (χ1n) is 11.2. The number of hydrogen-bond acceptors (Lipinski definition) is 3. The second-order valence-electron chi connectivity index (χ2n) is 7.25. The molecule has 1 aromatic carbocycles. The van der Waals surface area contributed by atoms with Gasteiger partial charge in [0.2, 0.25) is 0 Å². The van der Waals surface area contributed by atoms with Crippen molar-refractivity contribution in [3.05, 3.63) is 42.5 Å². The fourth-order valence-corrected chi connectivity index (χ4v) is 2.87. The Balaban J connectivity index is 0.000000861. The number of phenolic OH excluding ortho intramolecular Hbond substituents is 1. The van der Waals surface area contributed by atoms with Crippen LogP contribution in [0.5, 0.6) is 5.75 Å². The van der Waals surface area contributed by atoms with Crippen LogP contribution in [0.4, 0.5) is 0 Å². The highest BCUT2D eigenvalue weighted by Crippen LogP contribution is 2.10. The number of methoxy groups -OCH3 is 1. The van der Waals surface area contributed by atoms with Crippen LogP contribution in [0.25, 0.3) is 0 Å². The lowest BCUT2D eigenvalue weighted by atomic mass is 10.1. The second kappa shape index (κ2) is 21.5. The summed E-state index contributed by atoms with van der Waals surface area (Å²) in [6.07, 6.45) is 22.0. The zero-order valence-corrected chi connectivity index (χ0v) is 18.2. The minimum absolute atomic E-state index is 0.0763. The minimum atomic E-state index is -0.0763. The SMILES string of the molecule is CCCCCCCCC=CCCCCCCCC(=O)OC.Oc1ccccc1. The van der Waals surface area contributed by atoms with Crippen molar-refractivity contribution < 1.29 is 14.6 Å². The van der Waals surface area contributed by atoms with Gasteiger partial charge in [0.05, 0.1) is 7.11 Å². The second-order valence-corrected chi connectivity index (χ2v) is 7.25. The van der Waals surface area contributed by atoms with Gasteiger partial charge in [0.15, 0.2) is 0 Å². The molecule has 0 saturated heterocycles. The van der Waals surface area contributed by atoms with Gasteiger partial charge >= 0.3 is 5.97 Å². The van der Waals surface area contributed by atoms with Gasteiger partial charge in [-0.25, -0.2) is 0 Å². The van der Waals surface area contributed by atoms with E-state index in [2.05, 4.69) is 23.8 Å². The fraction of sp³-hybridized carbons (Fsp3) is 0.640. The molecule has 3 nitrogen and oxygen atoms in total. The largest absolute Gasteiger partial charge is 0.508 e. The Hall–Kier alpha value is -1.77. The van der Waals surface area contributed by atoms with Crippen LogP contribution in [0.1, 0.15) is 96.8 Å². The number of unbranched alkanes of at least 4 members (excludes halogenated alkanes) is 11. The van der Waals surface area contributed by atoms with E-state index < -0.39 is 0 Å². The Bertz CT molecular complexity index is 468. The Labute approximate surface area is 173 Å². The number of para-hydroxylation sites is 1. The van der Waals surface area contributed by atoms with Crippen molar-refractivity contribution in [3.8, 4) is 5.75 Å². The smallest absolute Gasteiger partial charge is 0.305 e. The molecule has 0 bridgehead atoms. The molecule has 1 N–H and O–H groups in total. The van der Waals surface area contributed by atoms with Crippen molar-refractivity contribution in [3.63, 3.8) is 0 Å². The first-order valence-corrected chi connectivity index (χ1v) is 11.2. The lowest BCUT2D eigenvalue weighted by Gasteiger charge is -2.00. The maximum Gasteiger partial charge on any atom is 0.305 e. The summed E-state index contributed by atoms with van der Waals surface area (Å²) in [5.74, 6) is 0.245. The Kier molecular flexibility index (Phi) is 20.2. The van der Waals surface area contributed by atoms with Crippen LogP contribution in [-0.4, -0.2) is 18.2 Å². The first-order chi connectivity index (χ1) is 13.7. The first kappa shape index (κ1) is 26.2. The molecule has 0 unspecified atom stereocenters. The fourth-order valence-electron chi connectivity index (χ4n) is 2.87. The number of allylic oxidation sites excluding steroid dienone is 2. The van der Waals surface area contributed by atoms with Gasteiger partial charge in [-0.2, -0.15) is 0 Å². The summed E-state index contributed by atoms with van der Waals surface area (Å²) < 4.78 is 4.62. The van der Waals surface area contributed by atoms with E-state index in [1.807, 2.05) is 6.07 Å². The lowest BCUT2D eigenvalue weighted by Crippen LogP contribution is -1.98. The molecule has 28 heavy (non-hydrogen) atoms. The zero-order chi connectivity index (χ0) is 20.7. The summed E-state index contributed by atoms with van der Waals surface area (Å²) in [6.45, 7) is 2.27. The van der Waals surface area contributed by atoms with Crippen molar-refractivity contribution in [1.82, 2.24) is 0 Å². The van der Waals surface area contributed by atoms with Gasteiger partial charge in [0.1, 0.15) is 5.75 Å². The summed E-state index contributed by atoms with van der Waals surface area (Å²) in [6, 6.07) is 8.71. The molecule has 0 saturated carbocycles. The topological polar surface area (TPSA) is 46.5 Å². The molecular weight excluding hydrogens is 348 g/mol. The maximum absolute atomic E-state index is 10.9. The van der Waals surface area contributed by atoms with E-state index in [0.29, 0.717) is 12.2 Å². The molecule has 160 valence electrons. The molecule has 0 aliphatic heterocycles. The Morgan fingerprint density at radius 1 is 0.821 bits per heavy atom. The summed E-state index contributed by atoms with van der Waals surface area (Å²) in [4.78, 5) is 10.9. The van der Waals surface area contributed by atoms with Gasteiger partial charge in [-0.3, -0.25) is 4.79 Å². The van der Waals surface area contributed by atoms with Gasteiger partial charge in [-0.1, -0.05) is 88.6 Å².